The molecule has 4 rings (SSSR count). The van der Waals surface area contributed by atoms with Crippen molar-refractivity contribution in [3.63, 3.8) is 0 Å². The summed E-state index contributed by atoms with van der Waals surface area (Å²) < 4.78 is 44.8. The number of carbonyl (C=O) groups excluding carboxylic acids is 2. The molecule has 3 aliphatic rings. The number of esters is 1. The normalized spacial score (nSPS) is 28.8. The van der Waals surface area contributed by atoms with E-state index in [-0.39, 0.29) is 36.3 Å². The Morgan fingerprint density at radius 1 is 1.19 bits per heavy atom. The highest BCUT2D eigenvalue weighted by Crippen LogP contribution is 2.47. The van der Waals surface area contributed by atoms with E-state index in [1.807, 2.05) is 6.92 Å². The van der Waals surface area contributed by atoms with Crippen molar-refractivity contribution in [2.45, 2.75) is 96.9 Å². The number of pyridine rings is 1. The smallest absolute Gasteiger partial charge is 0.417 e. The number of amides is 1. The Morgan fingerprint density at radius 2 is 1.92 bits per heavy atom. The number of aromatic nitrogens is 1. The van der Waals surface area contributed by atoms with E-state index in [1.165, 1.54) is 0 Å². The van der Waals surface area contributed by atoms with Gasteiger partial charge in [0.05, 0.1) is 23.5 Å². The molecule has 9 heteroatoms. The summed E-state index contributed by atoms with van der Waals surface area (Å²) in [6.07, 6.45) is 2.77. The van der Waals surface area contributed by atoms with Gasteiger partial charge in [-0.3, -0.25) is 14.6 Å². The van der Waals surface area contributed by atoms with Gasteiger partial charge in [-0.2, -0.15) is 13.2 Å². The number of nitrogens with zero attached hydrogens (tertiary/aromatic N) is 2. The molecule has 2 heterocycles. The quantitative estimate of drug-likeness (QED) is 0.553. The zero-order valence-corrected chi connectivity index (χ0v) is 21.5. The van der Waals surface area contributed by atoms with E-state index in [0.29, 0.717) is 36.9 Å². The van der Waals surface area contributed by atoms with Crippen LogP contribution >= 0.6 is 0 Å². The van der Waals surface area contributed by atoms with Crippen LogP contribution in [0.25, 0.3) is 0 Å². The van der Waals surface area contributed by atoms with Gasteiger partial charge >= 0.3 is 12.1 Å². The van der Waals surface area contributed by atoms with E-state index in [2.05, 4.69) is 24.1 Å². The molecule has 0 bridgehead atoms. The largest absolute Gasteiger partial charge is 0.466 e. The number of halogens is 3. The molecule has 2 aliphatic carbocycles. The van der Waals surface area contributed by atoms with E-state index in [4.69, 9.17) is 4.74 Å². The fourth-order valence-corrected chi connectivity index (χ4v) is 6.34. The Labute approximate surface area is 211 Å². The number of hydrogen-bond acceptors (Lipinski definition) is 5. The molecule has 0 spiro atoms. The lowest BCUT2D eigenvalue weighted by molar-refractivity contribution is -0.149. The molecule has 1 aromatic heterocycles. The Bertz CT molecular complexity index is 959. The number of nitrogens with one attached hydrogen (secondary N) is 1. The van der Waals surface area contributed by atoms with Crippen LogP contribution < -0.4 is 5.32 Å². The van der Waals surface area contributed by atoms with Crippen LogP contribution in [0.2, 0.25) is 0 Å². The molecular weight excluding hydrogens is 471 g/mol. The van der Waals surface area contributed by atoms with E-state index in [1.54, 1.807) is 4.90 Å². The third-order valence-corrected chi connectivity index (χ3v) is 8.55. The van der Waals surface area contributed by atoms with Gasteiger partial charge in [0, 0.05) is 43.5 Å². The predicted molar refractivity (Wildman–Crippen MR) is 129 cm³/mol. The van der Waals surface area contributed by atoms with Crippen LogP contribution in [0.15, 0.2) is 12.3 Å². The summed E-state index contributed by atoms with van der Waals surface area (Å²) in [6.45, 7) is 7.04. The van der Waals surface area contributed by atoms with Gasteiger partial charge in [0.15, 0.2) is 0 Å². The highest BCUT2D eigenvalue weighted by molar-refractivity contribution is 5.83. The van der Waals surface area contributed by atoms with Crippen LogP contribution in [0.5, 0.6) is 0 Å². The molecule has 1 amide bonds. The molecule has 0 aromatic carbocycles. The standard InChI is InChI=1S/C27H38F3N3O3/c1-4-36-24(34)18-5-7-21(8-6-18)32-22-9-11-26(14-22,17(2)3)25(35)33-12-10-23-19(16-33)13-20(15-31-23)27(28,29)30/h13,15,17-18,21-22,32H,4-12,14,16H2,1-3H3/t18?,21?,22?,26-/m0/s1. The van der Waals surface area contributed by atoms with Gasteiger partial charge in [0.2, 0.25) is 5.91 Å². The zero-order valence-electron chi connectivity index (χ0n) is 21.5. The minimum Gasteiger partial charge on any atom is -0.466 e. The first-order chi connectivity index (χ1) is 17.0. The molecule has 0 radical (unpaired) electrons. The van der Waals surface area contributed by atoms with Crippen LogP contribution in [0.3, 0.4) is 0 Å². The first-order valence-corrected chi connectivity index (χ1v) is 13.3. The second-order valence-corrected chi connectivity index (χ2v) is 11.0. The third-order valence-electron chi connectivity index (χ3n) is 8.55. The first kappa shape index (κ1) is 26.9. The van der Waals surface area contributed by atoms with Gasteiger partial charge in [0.25, 0.3) is 0 Å². The average Bonchev–Trinajstić information content (AvgIpc) is 3.28. The Morgan fingerprint density at radius 3 is 2.56 bits per heavy atom. The molecule has 36 heavy (non-hydrogen) atoms. The summed E-state index contributed by atoms with van der Waals surface area (Å²) >= 11 is 0. The minimum atomic E-state index is -4.45. The average molecular weight is 510 g/mol. The highest BCUT2D eigenvalue weighted by atomic mass is 19.4. The monoisotopic (exact) mass is 509 g/mol. The van der Waals surface area contributed by atoms with Crippen molar-refractivity contribution < 1.29 is 27.5 Å². The van der Waals surface area contributed by atoms with E-state index < -0.39 is 17.2 Å². The lowest BCUT2D eigenvalue weighted by atomic mass is 9.73. The van der Waals surface area contributed by atoms with Crippen molar-refractivity contribution >= 4 is 11.9 Å². The van der Waals surface area contributed by atoms with Crippen LogP contribution in [-0.2, 0) is 33.5 Å². The van der Waals surface area contributed by atoms with Crippen LogP contribution in [-0.4, -0.2) is 47.0 Å². The second-order valence-electron chi connectivity index (χ2n) is 11.0. The number of alkyl halides is 3. The van der Waals surface area contributed by atoms with Crippen molar-refractivity contribution in [1.29, 1.82) is 0 Å². The van der Waals surface area contributed by atoms with Crippen molar-refractivity contribution in [3.05, 3.63) is 29.1 Å². The summed E-state index contributed by atoms with van der Waals surface area (Å²) in [5.41, 5.74) is -0.145. The molecule has 1 N–H and O–H groups in total. The summed E-state index contributed by atoms with van der Waals surface area (Å²) in [7, 11) is 0. The van der Waals surface area contributed by atoms with Crippen LogP contribution in [0.1, 0.15) is 82.5 Å². The van der Waals surface area contributed by atoms with E-state index in [0.717, 1.165) is 57.2 Å². The SMILES string of the molecule is CCOC(=O)C1CCC(NC2CC[C@@](C(=O)N3CCc4ncc(C(F)(F)F)cc4C3)(C(C)C)C2)CC1. The fourth-order valence-electron chi connectivity index (χ4n) is 6.34. The van der Waals surface area contributed by atoms with E-state index >= 15 is 0 Å². The minimum absolute atomic E-state index is 0.0164. The van der Waals surface area contributed by atoms with Crippen LogP contribution in [0.4, 0.5) is 13.2 Å². The maximum Gasteiger partial charge on any atom is 0.417 e. The zero-order chi connectivity index (χ0) is 26.1. The first-order valence-electron chi connectivity index (χ1n) is 13.3. The number of rotatable bonds is 6. The summed E-state index contributed by atoms with van der Waals surface area (Å²) in [4.78, 5) is 31.7. The number of hydrogen-bond donors (Lipinski definition) is 1. The Balaban J connectivity index is 1.39. The Hall–Kier alpha value is -2.16. The molecule has 1 unspecified atom stereocenters. The predicted octanol–water partition coefficient (Wildman–Crippen LogP) is 4.89. The molecule has 0 saturated heterocycles. The molecule has 2 saturated carbocycles. The number of carbonyl (C=O) groups is 2. The van der Waals surface area contributed by atoms with Crippen molar-refractivity contribution in [3.8, 4) is 0 Å². The molecule has 2 fully saturated rings. The number of fused-ring (bicyclic) bond motifs is 1. The maximum atomic E-state index is 13.9. The van der Waals surface area contributed by atoms with Crippen molar-refractivity contribution in [1.82, 2.24) is 15.2 Å². The van der Waals surface area contributed by atoms with Crippen molar-refractivity contribution in [2.24, 2.45) is 17.3 Å². The molecule has 200 valence electrons. The summed E-state index contributed by atoms with van der Waals surface area (Å²) in [5, 5.41) is 3.76. The molecular formula is C27H38F3N3O3. The molecule has 1 aliphatic heterocycles. The molecule has 6 nitrogen and oxygen atoms in total. The van der Waals surface area contributed by atoms with Gasteiger partial charge in [0.1, 0.15) is 0 Å². The third kappa shape index (κ3) is 5.55. The lowest BCUT2D eigenvalue weighted by Crippen LogP contribution is -2.49. The van der Waals surface area contributed by atoms with E-state index in [9.17, 15) is 22.8 Å². The topological polar surface area (TPSA) is 71.5 Å². The van der Waals surface area contributed by atoms with Crippen molar-refractivity contribution in [2.75, 3.05) is 13.2 Å². The Kier molecular flexibility index (Phi) is 7.98. The lowest BCUT2D eigenvalue weighted by Gasteiger charge is -2.40. The van der Waals surface area contributed by atoms with Gasteiger partial charge in [-0.15, -0.1) is 0 Å². The summed E-state index contributed by atoms with van der Waals surface area (Å²) in [5.74, 6) is 0.0624. The van der Waals surface area contributed by atoms with Gasteiger partial charge in [-0.1, -0.05) is 13.8 Å². The van der Waals surface area contributed by atoms with Gasteiger partial charge in [-0.25, -0.2) is 0 Å². The summed E-state index contributed by atoms with van der Waals surface area (Å²) in [6, 6.07) is 1.69. The van der Waals surface area contributed by atoms with Crippen LogP contribution in [0, 0.1) is 17.3 Å². The highest BCUT2D eigenvalue weighted by Gasteiger charge is 2.50. The molecule has 1 aromatic rings. The van der Waals surface area contributed by atoms with Gasteiger partial charge < -0.3 is 15.0 Å². The van der Waals surface area contributed by atoms with Gasteiger partial charge in [-0.05, 0) is 69.4 Å². The molecule has 2 atom stereocenters. The number of ether oxygens (including phenoxy) is 1. The maximum absolute atomic E-state index is 13.9. The fraction of sp³-hybridized carbons (Fsp3) is 0.741. The second kappa shape index (κ2) is 10.7.